The molecule has 102 valence electrons. The van der Waals surface area contributed by atoms with E-state index >= 15 is 0 Å². The van der Waals surface area contributed by atoms with Crippen molar-refractivity contribution in [3.8, 4) is 6.07 Å². The Morgan fingerprint density at radius 2 is 2.11 bits per heavy atom. The monoisotopic (exact) mass is 257 g/mol. The summed E-state index contributed by atoms with van der Waals surface area (Å²) in [7, 11) is 0. The third kappa shape index (κ3) is 3.41. The van der Waals surface area contributed by atoms with E-state index in [0.29, 0.717) is 17.3 Å². The van der Waals surface area contributed by atoms with Crippen LogP contribution in [-0.4, -0.2) is 6.04 Å². The Kier molecular flexibility index (Phi) is 4.68. The second kappa shape index (κ2) is 6.47. The molecule has 2 rings (SSSR count). The van der Waals surface area contributed by atoms with Crippen LogP contribution < -0.4 is 11.1 Å². The van der Waals surface area contributed by atoms with E-state index < -0.39 is 0 Å². The van der Waals surface area contributed by atoms with Crippen LogP contribution in [0.3, 0.4) is 0 Å². The van der Waals surface area contributed by atoms with Gasteiger partial charge in [0.15, 0.2) is 0 Å². The van der Waals surface area contributed by atoms with E-state index in [2.05, 4.69) is 18.3 Å². The minimum Gasteiger partial charge on any atom is -0.399 e. The molecule has 1 aromatic carbocycles. The van der Waals surface area contributed by atoms with E-state index in [1.54, 1.807) is 6.07 Å². The van der Waals surface area contributed by atoms with Crippen molar-refractivity contribution in [3.05, 3.63) is 23.8 Å². The number of benzene rings is 1. The first-order valence-corrected chi connectivity index (χ1v) is 7.30. The molecule has 1 aromatic rings. The molecule has 1 unspecified atom stereocenters. The molecular weight excluding hydrogens is 234 g/mol. The Balaban J connectivity index is 2.11. The average Bonchev–Trinajstić information content (AvgIpc) is 2.46. The lowest BCUT2D eigenvalue weighted by Gasteiger charge is -2.31. The topological polar surface area (TPSA) is 61.8 Å². The third-order valence-corrected chi connectivity index (χ3v) is 4.16. The Hall–Kier alpha value is -1.69. The van der Waals surface area contributed by atoms with Crippen molar-refractivity contribution < 1.29 is 0 Å². The SMILES string of the molecule is CCC(Nc1ccc(N)cc1C#N)C1CCCCC1. The van der Waals surface area contributed by atoms with Gasteiger partial charge in [-0.05, 0) is 43.4 Å². The normalized spacial score (nSPS) is 17.7. The van der Waals surface area contributed by atoms with Gasteiger partial charge in [0.1, 0.15) is 6.07 Å². The highest BCUT2D eigenvalue weighted by Gasteiger charge is 2.22. The van der Waals surface area contributed by atoms with Gasteiger partial charge in [-0.3, -0.25) is 0 Å². The zero-order chi connectivity index (χ0) is 13.7. The highest BCUT2D eigenvalue weighted by atomic mass is 14.9. The fraction of sp³-hybridized carbons (Fsp3) is 0.562. The number of hydrogen-bond donors (Lipinski definition) is 2. The van der Waals surface area contributed by atoms with Gasteiger partial charge in [0.2, 0.25) is 0 Å². The Bertz CT molecular complexity index is 456. The van der Waals surface area contributed by atoms with Gasteiger partial charge in [-0.15, -0.1) is 0 Å². The molecule has 0 bridgehead atoms. The summed E-state index contributed by atoms with van der Waals surface area (Å²) in [5.74, 6) is 0.739. The van der Waals surface area contributed by atoms with Gasteiger partial charge in [-0.25, -0.2) is 0 Å². The molecule has 1 aliphatic carbocycles. The van der Waals surface area contributed by atoms with Crippen LogP contribution >= 0.6 is 0 Å². The minimum atomic E-state index is 0.469. The lowest BCUT2D eigenvalue weighted by Crippen LogP contribution is -2.30. The Morgan fingerprint density at radius 3 is 2.74 bits per heavy atom. The van der Waals surface area contributed by atoms with Crippen molar-refractivity contribution in [1.82, 2.24) is 0 Å². The van der Waals surface area contributed by atoms with Gasteiger partial charge in [-0.1, -0.05) is 26.2 Å². The molecule has 0 aromatic heterocycles. The Morgan fingerprint density at radius 1 is 1.37 bits per heavy atom. The fourth-order valence-electron chi connectivity index (χ4n) is 3.07. The summed E-state index contributed by atoms with van der Waals surface area (Å²) < 4.78 is 0. The number of nitrogens with one attached hydrogen (secondary N) is 1. The second-order valence-electron chi connectivity index (χ2n) is 5.47. The van der Waals surface area contributed by atoms with E-state index in [0.717, 1.165) is 18.0 Å². The predicted molar refractivity (Wildman–Crippen MR) is 79.8 cm³/mol. The molecule has 19 heavy (non-hydrogen) atoms. The van der Waals surface area contributed by atoms with E-state index in [1.165, 1.54) is 32.1 Å². The Labute approximate surface area is 115 Å². The molecule has 0 saturated heterocycles. The van der Waals surface area contributed by atoms with Crippen LogP contribution in [0.1, 0.15) is 51.0 Å². The zero-order valence-corrected chi connectivity index (χ0v) is 11.7. The van der Waals surface area contributed by atoms with E-state index in [1.807, 2.05) is 12.1 Å². The molecule has 0 amide bonds. The molecule has 0 aliphatic heterocycles. The van der Waals surface area contributed by atoms with Gasteiger partial charge < -0.3 is 11.1 Å². The van der Waals surface area contributed by atoms with Crippen LogP contribution in [0.4, 0.5) is 11.4 Å². The van der Waals surface area contributed by atoms with Crippen molar-refractivity contribution in [2.75, 3.05) is 11.1 Å². The molecular formula is C16H23N3. The first kappa shape index (κ1) is 13.7. The van der Waals surface area contributed by atoms with Crippen LogP contribution in [0.25, 0.3) is 0 Å². The number of nitrogen functional groups attached to an aromatic ring is 1. The minimum absolute atomic E-state index is 0.469. The summed E-state index contributed by atoms with van der Waals surface area (Å²) in [6.45, 7) is 2.22. The molecule has 1 aliphatic rings. The summed E-state index contributed by atoms with van der Waals surface area (Å²) in [6.07, 6.45) is 7.77. The maximum absolute atomic E-state index is 9.19. The maximum Gasteiger partial charge on any atom is 0.101 e. The maximum atomic E-state index is 9.19. The summed E-state index contributed by atoms with van der Waals surface area (Å²) in [5, 5.41) is 12.8. The number of hydrogen-bond acceptors (Lipinski definition) is 3. The first-order valence-electron chi connectivity index (χ1n) is 7.30. The highest BCUT2D eigenvalue weighted by Crippen LogP contribution is 2.30. The lowest BCUT2D eigenvalue weighted by atomic mass is 9.83. The van der Waals surface area contributed by atoms with Crippen LogP contribution in [0.15, 0.2) is 18.2 Å². The quantitative estimate of drug-likeness (QED) is 0.804. The highest BCUT2D eigenvalue weighted by molar-refractivity contribution is 5.63. The van der Waals surface area contributed by atoms with Crippen molar-refractivity contribution in [1.29, 1.82) is 5.26 Å². The first-order chi connectivity index (χ1) is 9.24. The number of nitrogens with zero attached hydrogens (tertiary/aromatic N) is 1. The van der Waals surface area contributed by atoms with E-state index in [-0.39, 0.29) is 0 Å². The van der Waals surface area contributed by atoms with Gasteiger partial charge in [0.25, 0.3) is 0 Å². The summed E-state index contributed by atoms with van der Waals surface area (Å²) in [6, 6.07) is 8.23. The standard InChI is InChI=1S/C16H23N3/c1-2-15(12-6-4-3-5-7-12)19-16-9-8-14(18)10-13(16)11-17/h8-10,12,15,19H,2-7,18H2,1H3. The smallest absolute Gasteiger partial charge is 0.101 e. The molecule has 3 nitrogen and oxygen atoms in total. The van der Waals surface area contributed by atoms with Crippen LogP contribution in [0.2, 0.25) is 0 Å². The van der Waals surface area contributed by atoms with Crippen LogP contribution in [0.5, 0.6) is 0 Å². The van der Waals surface area contributed by atoms with Crippen molar-refractivity contribution >= 4 is 11.4 Å². The van der Waals surface area contributed by atoms with Crippen molar-refractivity contribution in [3.63, 3.8) is 0 Å². The van der Waals surface area contributed by atoms with Crippen molar-refractivity contribution in [2.24, 2.45) is 5.92 Å². The van der Waals surface area contributed by atoms with Crippen LogP contribution in [0, 0.1) is 17.2 Å². The van der Waals surface area contributed by atoms with E-state index in [4.69, 9.17) is 5.73 Å². The number of nitrogens with two attached hydrogens (primary N) is 1. The molecule has 0 heterocycles. The fourth-order valence-corrected chi connectivity index (χ4v) is 3.07. The van der Waals surface area contributed by atoms with Gasteiger partial charge in [-0.2, -0.15) is 5.26 Å². The molecule has 3 heteroatoms. The molecule has 0 spiro atoms. The zero-order valence-electron chi connectivity index (χ0n) is 11.7. The number of rotatable bonds is 4. The summed E-state index contributed by atoms with van der Waals surface area (Å²) >= 11 is 0. The molecule has 1 saturated carbocycles. The van der Waals surface area contributed by atoms with Gasteiger partial charge in [0, 0.05) is 11.7 Å². The largest absolute Gasteiger partial charge is 0.399 e. The molecule has 1 atom stereocenters. The summed E-state index contributed by atoms with van der Waals surface area (Å²) in [5.41, 5.74) is 7.95. The summed E-state index contributed by atoms with van der Waals surface area (Å²) in [4.78, 5) is 0. The molecule has 3 N–H and O–H groups in total. The number of anilines is 2. The van der Waals surface area contributed by atoms with Gasteiger partial charge >= 0.3 is 0 Å². The van der Waals surface area contributed by atoms with Crippen molar-refractivity contribution in [2.45, 2.75) is 51.5 Å². The second-order valence-corrected chi connectivity index (χ2v) is 5.47. The average molecular weight is 257 g/mol. The third-order valence-electron chi connectivity index (χ3n) is 4.16. The molecule has 1 fully saturated rings. The predicted octanol–water partition coefficient (Wildman–Crippen LogP) is 3.91. The number of nitriles is 1. The van der Waals surface area contributed by atoms with E-state index in [9.17, 15) is 5.26 Å². The lowest BCUT2D eigenvalue weighted by molar-refractivity contribution is 0.313. The van der Waals surface area contributed by atoms with Crippen LogP contribution in [-0.2, 0) is 0 Å². The van der Waals surface area contributed by atoms with Gasteiger partial charge in [0.05, 0.1) is 11.3 Å². The molecule has 0 radical (unpaired) electrons.